The molecular weight excluding hydrogens is 292 g/mol. The van der Waals surface area contributed by atoms with E-state index in [2.05, 4.69) is 5.32 Å². The van der Waals surface area contributed by atoms with E-state index in [1.807, 2.05) is 25.1 Å². The molecule has 1 aromatic rings. The van der Waals surface area contributed by atoms with Gasteiger partial charge in [0, 0.05) is 18.6 Å². The third-order valence-electron chi connectivity index (χ3n) is 3.47. The molecule has 5 nitrogen and oxygen atoms in total. The SMILES string of the molecule is CCC(C)C(NC(=O)N(C)Cc1ccccc1Cl)C(=O)O. The smallest absolute Gasteiger partial charge is 0.326 e. The number of hydrogen-bond donors (Lipinski definition) is 2. The van der Waals surface area contributed by atoms with Gasteiger partial charge in [0.1, 0.15) is 6.04 Å². The molecule has 116 valence electrons. The van der Waals surface area contributed by atoms with Gasteiger partial charge in [0.05, 0.1) is 0 Å². The Kier molecular flexibility index (Phi) is 6.49. The number of hydrogen-bond acceptors (Lipinski definition) is 2. The lowest BCUT2D eigenvalue weighted by Crippen LogP contribution is -2.49. The van der Waals surface area contributed by atoms with E-state index in [1.165, 1.54) is 4.90 Å². The fourth-order valence-electron chi connectivity index (χ4n) is 1.88. The topological polar surface area (TPSA) is 69.6 Å². The second-order valence-corrected chi connectivity index (χ2v) is 5.51. The van der Waals surface area contributed by atoms with Crippen molar-refractivity contribution in [2.24, 2.45) is 5.92 Å². The summed E-state index contributed by atoms with van der Waals surface area (Å²) in [6, 6.07) is 5.91. The van der Waals surface area contributed by atoms with Gasteiger partial charge in [0.2, 0.25) is 0 Å². The second kappa shape index (κ2) is 7.88. The maximum Gasteiger partial charge on any atom is 0.326 e. The third-order valence-corrected chi connectivity index (χ3v) is 3.84. The van der Waals surface area contributed by atoms with Crippen LogP contribution in [-0.4, -0.2) is 35.1 Å². The molecule has 0 saturated heterocycles. The highest BCUT2D eigenvalue weighted by molar-refractivity contribution is 6.31. The molecule has 0 spiro atoms. The van der Waals surface area contributed by atoms with Crippen LogP contribution in [0, 0.1) is 5.92 Å². The molecule has 0 radical (unpaired) electrons. The summed E-state index contributed by atoms with van der Waals surface area (Å²) in [6.07, 6.45) is 0.672. The van der Waals surface area contributed by atoms with Crippen molar-refractivity contribution >= 4 is 23.6 Å². The quantitative estimate of drug-likeness (QED) is 0.848. The van der Waals surface area contributed by atoms with Crippen LogP contribution >= 0.6 is 11.6 Å². The number of nitrogens with one attached hydrogen (secondary N) is 1. The first-order valence-corrected chi connectivity index (χ1v) is 7.22. The van der Waals surface area contributed by atoms with E-state index in [-0.39, 0.29) is 5.92 Å². The van der Waals surface area contributed by atoms with Gasteiger partial charge in [-0.1, -0.05) is 50.1 Å². The number of carbonyl (C=O) groups is 2. The molecule has 0 heterocycles. The Morgan fingerprint density at radius 1 is 1.38 bits per heavy atom. The highest BCUT2D eigenvalue weighted by Gasteiger charge is 2.26. The minimum Gasteiger partial charge on any atom is -0.480 e. The van der Waals surface area contributed by atoms with Crippen LogP contribution in [-0.2, 0) is 11.3 Å². The van der Waals surface area contributed by atoms with Crippen LogP contribution in [0.3, 0.4) is 0 Å². The molecule has 0 fully saturated rings. The zero-order valence-corrected chi connectivity index (χ0v) is 13.2. The summed E-state index contributed by atoms with van der Waals surface area (Å²) >= 11 is 6.05. The van der Waals surface area contributed by atoms with Gasteiger partial charge in [-0.25, -0.2) is 9.59 Å². The highest BCUT2D eigenvalue weighted by atomic mass is 35.5. The minimum absolute atomic E-state index is 0.139. The molecule has 2 atom stereocenters. The molecule has 0 bridgehead atoms. The predicted octanol–water partition coefficient (Wildman–Crippen LogP) is 2.98. The summed E-state index contributed by atoms with van der Waals surface area (Å²) < 4.78 is 0. The molecule has 21 heavy (non-hydrogen) atoms. The van der Waals surface area contributed by atoms with Crippen molar-refractivity contribution < 1.29 is 14.7 Å². The van der Waals surface area contributed by atoms with E-state index < -0.39 is 18.0 Å². The average molecular weight is 313 g/mol. The van der Waals surface area contributed by atoms with E-state index in [4.69, 9.17) is 11.6 Å². The number of amides is 2. The minimum atomic E-state index is -1.02. The van der Waals surface area contributed by atoms with Gasteiger partial charge in [-0.2, -0.15) is 0 Å². The molecule has 6 heteroatoms. The average Bonchev–Trinajstić information content (AvgIpc) is 2.45. The van der Waals surface area contributed by atoms with E-state index >= 15 is 0 Å². The van der Waals surface area contributed by atoms with Crippen LogP contribution in [0.4, 0.5) is 4.79 Å². The molecule has 1 aromatic carbocycles. The summed E-state index contributed by atoms with van der Waals surface area (Å²) in [5, 5.41) is 12.3. The molecule has 0 aliphatic carbocycles. The monoisotopic (exact) mass is 312 g/mol. The number of aliphatic carboxylic acids is 1. The van der Waals surface area contributed by atoms with Crippen molar-refractivity contribution in [2.75, 3.05) is 7.05 Å². The van der Waals surface area contributed by atoms with Gasteiger partial charge in [0.15, 0.2) is 0 Å². The summed E-state index contributed by atoms with van der Waals surface area (Å²) in [5.74, 6) is -1.16. The van der Waals surface area contributed by atoms with Crippen LogP contribution in [0.5, 0.6) is 0 Å². The number of nitrogens with zero attached hydrogens (tertiary/aromatic N) is 1. The number of carbonyl (C=O) groups excluding carboxylic acids is 1. The first kappa shape index (κ1) is 17.3. The van der Waals surface area contributed by atoms with Gasteiger partial charge < -0.3 is 15.3 Å². The molecule has 0 aromatic heterocycles. The zero-order chi connectivity index (χ0) is 16.0. The number of carboxylic acids is 1. The first-order valence-electron chi connectivity index (χ1n) is 6.84. The van der Waals surface area contributed by atoms with Gasteiger partial charge in [-0.15, -0.1) is 0 Å². The second-order valence-electron chi connectivity index (χ2n) is 5.10. The lowest BCUT2D eigenvalue weighted by molar-refractivity contribution is -0.140. The van der Waals surface area contributed by atoms with Crippen molar-refractivity contribution in [1.82, 2.24) is 10.2 Å². The van der Waals surface area contributed by atoms with E-state index in [0.717, 1.165) is 5.56 Å². The Balaban J connectivity index is 2.70. The number of rotatable bonds is 6. The Labute approximate surface area is 129 Å². The molecular formula is C15H21ClN2O3. The van der Waals surface area contributed by atoms with E-state index in [1.54, 1.807) is 20.0 Å². The van der Waals surface area contributed by atoms with Crippen molar-refractivity contribution in [3.63, 3.8) is 0 Å². The Morgan fingerprint density at radius 3 is 2.52 bits per heavy atom. The molecule has 2 N–H and O–H groups in total. The lowest BCUT2D eigenvalue weighted by atomic mass is 9.99. The molecule has 2 unspecified atom stereocenters. The van der Waals surface area contributed by atoms with E-state index in [0.29, 0.717) is 18.0 Å². The Hall–Kier alpha value is -1.75. The van der Waals surface area contributed by atoms with Crippen molar-refractivity contribution in [1.29, 1.82) is 0 Å². The standard InChI is InChI=1S/C15H21ClN2O3/c1-4-10(2)13(14(19)20)17-15(21)18(3)9-11-7-5-6-8-12(11)16/h5-8,10,13H,4,9H2,1-3H3,(H,17,21)(H,19,20). The van der Waals surface area contributed by atoms with Gasteiger partial charge in [-0.3, -0.25) is 0 Å². The molecule has 0 aliphatic rings. The number of benzene rings is 1. The number of halogens is 1. The molecule has 0 saturated carbocycles. The van der Waals surface area contributed by atoms with Crippen LogP contribution in [0.25, 0.3) is 0 Å². The first-order chi connectivity index (χ1) is 9.86. The summed E-state index contributed by atoms with van der Waals surface area (Å²) in [6.45, 7) is 4.01. The largest absolute Gasteiger partial charge is 0.480 e. The Morgan fingerprint density at radius 2 is 2.00 bits per heavy atom. The lowest BCUT2D eigenvalue weighted by Gasteiger charge is -2.24. The predicted molar refractivity (Wildman–Crippen MR) is 82.3 cm³/mol. The third kappa shape index (κ3) is 4.93. The van der Waals surface area contributed by atoms with Gasteiger partial charge in [0.25, 0.3) is 0 Å². The van der Waals surface area contributed by atoms with Crippen molar-refractivity contribution in [3.8, 4) is 0 Å². The molecule has 2 amide bonds. The summed E-state index contributed by atoms with van der Waals surface area (Å²) in [4.78, 5) is 24.7. The molecule has 0 aliphatic heterocycles. The fraction of sp³-hybridized carbons (Fsp3) is 0.467. The fourth-order valence-corrected chi connectivity index (χ4v) is 2.08. The van der Waals surface area contributed by atoms with Crippen molar-refractivity contribution in [3.05, 3.63) is 34.9 Å². The maximum atomic E-state index is 12.1. The van der Waals surface area contributed by atoms with Crippen LogP contribution in [0.1, 0.15) is 25.8 Å². The number of urea groups is 1. The van der Waals surface area contributed by atoms with Crippen molar-refractivity contribution in [2.45, 2.75) is 32.9 Å². The van der Waals surface area contributed by atoms with Crippen LogP contribution in [0.2, 0.25) is 5.02 Å². The Bertz CT molecular complexity index is 507. The van der Waals surface area contributed by atoms with Crippen LogP contribution < -0.4 is 5.32 Å². The normalized spacial score (nSPS) is 13.3. The van der Waals surface area contributed by atoms with Gasteiger partial charge >= 0.3 is 12.0 Å². The maximum absolute atomic E-state index is 12.1. The van der Waals surface area contributed by atoms with E-state index in [9.17, 15) is 14.7 Å². The summed E-state index contributed by atoms with van der Waals surface area (Å²) in [7, 11) is 1.61. The highest BCUT2D eigenvalue weighted by Crippen LogP contribution is 2.16. The molecule has 1 rings (SSSR count). The van der Waals surface area contributed by atoms with Gasteiger partial charge in [-0.05, 0) is 17.5 Å². The summed E-state index contributed by atoms with van der Waals surface area (Å²) in [5.41, 5.74) is 0.812. The zero-order valence-electron chi connectivity index (χ0n) is 12.5. The number of carboxylic acid groups (broad SMARTS) is 1. The van der Waals surface area contributed by atoms with Crippen LogP contribution in [0.15, 0.2) is 24.3 Å².